The van der Waals surface area contributed by atoms with Gasteiger partial charge in [-0.05, 0) is 18.7 Å². The summed E-state index contributed by atoms with van der Waals surface area (Å²) >= 11 is 5.98. The molecule has 1 atom stereocenters. The van der Waals surface area contributed by atoms with Crippen molar-refractivity contribution in [3.8, 4) is 0 Å². The number of aryl methyl sites for hydroxylation is 1. The van der Waals surface area contributed by atoms with Crippen molar-refractivity contribution in [2.24, 2.45) is 7.05 Å². The lowest BCUT2D eigenvalue weighted by atomic mass is 10.1. The van der Waals surface area contributed by atoms with Gasteiger partial charge in [0.25, 0.3) is 0 Å². The molecular formula is C12H13ClFN3. The molecule has 0 saturated carbocycles. The Morgan fingerprint density at radius 2 is 2.24 bits per heavy atom. The van der Waals surface area contributed by atoms with E-state index in [-0.39, 0.29) is 11.1 Å². The molecule has 1 heterocycles. The zero-order valence-electron chi connectivity index (χ0n) is 9.61. The average molecular weight is 254 g/mol. The second-order valence-electron chi connectivity index (χ2n) is 3.76. The van der Waals surface area contributed by atoms with Gasteiger partial charge < -0.3 is 9.88 Å². The van der Waals surface area contributed by atoms with Gasteiger partial charge in [0.1, 0.15) is 11.6 Å². The van der Waals surface area contributed by atoms with Gasteiger partial charge in [0, 0.05) is 19.4 Å². The highest BCUT2D eigenvalue weighted by molar-refractivity contribution is 6.31. The molecule has 0 aliphatic heterocycles. The summed E-state index contributed by atoms with van der Waals surface area (Å²) in [5, 5.41) is 3.23. The molecule has 0 radical (unpaired) electrons. The Bertz CT molecular complexity index is 524. The first-order valence-corrected chi connectivity index (χ1v) is 5.61. The van der Waals surface area contributed by atoms with Gasteiger partial charge in [0.2, 0.25) is 0 Å². The number of aromatic nitrogens is 2. The molecule has 0 aliphatic rings. The number of rotatable bonds is 3. The van der Waals surface area contributed by atoms with E-state index in [2.05, 4.69) is 10.3 Å². The monoisotopic (exact) mass is 253 g/mol. The van der Waals surface area contributed by atoms with Crippen LogP contribution in [0, 0.1) is 5.82 Å². The van der Waals surface area contributed by atoms with E-state index in [9.17, 15) is 4.39 Å². The third-order valence-corrected chi connectivity index (χ3v) is 3.10. The van der Waals surface area contributed by atoms with Crippen LogP contribution in [0.25, 0.3) is 0 Å². The summed E-state index contributed by atoms with van der Waals surface area (Å²) in [6, 6.07) is 4.56. The summed E-state index contributed by atoms with van der Waals surface area (Å²) in [7, 11) is 3.68. The average Bonchev–Trinajstić information content (AvgIpc) is 2.72. The first-order valence-electron chi connectivity index (χ1n) is 5.23. The Labute approximate surface area is 104 Å². The lowest BCUT2D eigenvalue weighted by Gasteiger charge is -2.17. The molecule has 0 spiro atoms. The van der Waals surface area contributed by atoms with Crippen LogP contribution in [-0.2, 0) is 7.05 Å². The van der Waals surface area contributed by atoms with Gasteiger partial charge >= 0.3 is 0 Å². The van der Waals surface area contributed by atoms with E-state index in [4.69, 9.17) is 11.6 Å². The van der Waals surface area contributed by atoms with Crippen molar-refractivity contribution in [2.45, 2.75) is 6.04 Å². The van der Waals surface area contributed by atoms with Gasteiger partial charge in [-0.1, -0.05) is 23.7 Å². The molecule has 0 saturated heterocycles. The number of nitrogens with zero attached hydrogens (tertiary/aromatic N) is 2. The van der Waals surface area contributed by atoms with Gasteiger partial charge in [-0.15, -0.1) is 0 Å². The second-order valence-corrected chi connectivity index (χ2v) is 4.14. The summed E-state index contributed by atoms with van der Waals surface area (Å²) in [5.41, 5.74) is 0.684. The van der Waals surface area contributed by atoms with Crippen LogP contribution in [0.5, 0.6) is 0 Å². The molecule has 1 N–H and O–H groups in total. The molecule has 1 aromatic carbocycles. The van der Waals surface area contributed by atoms with Crippen LogP contribution < -0.4 is 5.32 Å². The number of halogens is 2. The smallest absolute Gasteiger partial charge is 0.142 e. The van der Waals surface area contributed by atoms with Gasteiger partial charge in [0.05, 0.1) is 11.1 Å². The SMILES string of the molecule is CNC(c1cccc(F)c1Cl)c1nccn1C. The summed E-state index contributed by atoms with van der Waals surface area (Å²) in [6.07, 6.45) is 3.54. The highest BCUT2D eigenvalue weighted by Gasteiger charge is 2.20. The van der Waals surface area contributed by atoms with Gasteiger partial charge in [-0.25, -0.2) is 9.37 Å². The Balaban J connectivity index is 2.50. The molecule has 2 rings (SSSR count). The highest BCUT2D eigenvalue weighted by atomic mass is 35.5. The molecular weight excluding hydrogens is 241 g/mol. The Morgan fingerprint density at radius 3 is 2.82 bits per heavy atom. The fourth-order valence-electron chi connectivity index (χ4n) is 1.82. The van der Waals surface area contributed by atoms with Gasteiger partial charge in [0.15, 0.2) is 0 Å². The minimum absolute atomic E-state index is 0.134. The topological polar surface area (TPSA) is 29.9 Å². The molecule has 0 amide bonds. The van der Waals surface area contributed by atoms with Crippen molar-refractivity contribution in [3.63, 3.8) is 0 Å². The van der Waals surface area contributed by atoms with Crippen molar-refractivity contribution >= 4 is 11.6 Å². The molecule has 1 aromatic heterocycles. The van der Waals surface area contributed by atoms with E-state index in [1.165, 1.54) is 6.07 Å². The van der Waals surface area contributed by atoms with Crippen LogP contribution in [0.2, 0.25) is 5.02 Å². The molecule has 90 valence electrons. The molecule has 0 fully saturated rings. The lowest BCUT2D eigenvalue weighted by Crippen LogP contribution is -2.21. The zero-order chi connectivity index (χ0) is 12.4. The van der Waals surface area contributed by atoms with Gasteiger partial charge in [-0.3, -0.25) is 0 Å². The Kier molecular flexibility index (Phi) is 3.45. The van der Waals surface area contributed by atoms with Crippen LogP contribution in [-0.4, -0.2) is 16.6 Å². The highest BCUT2D eigenvalue weighted by Crippen LogP contribution is 2.28. The molecule has 17 heavy (non-hydrogen) atoms. The van der Waals surface area contributed by atoms with E-state index < -0.39 is 5.82 Å². The largest absolute Gasteiger partial charge is 0.336 e. The van der Waals surface area contributed by atoms with Crippen molar-refractivity contribution < 1.29 is 4.39 Å². The zero-order valence-corrected chi connectivity index (χ0v) is 10.4. The lowest BCUT2D eigenvalue weighted by molar-refractivity contribution is 0.597. The van der Waals surface area contributed by atoms with Crippen molar-refractivity contribution in [1.29, 1.82) is 0 Å². The first-order chi connectivity index (χ1) is 8.15. The number of imidazole rings is 1. The van der Waals surface area contributed by atoms with Crippen LogP contribution in [0.1, 0.15) is 17.4 Å². The minimum atomic E-state index is -0.418. The van der Waals surface area contributed by atoms with Crippen LogP contribution in [0.4, 0.5) is 4.39 Å². The Morgan fingerprint density at radius 1 is 1.47 bits per heavy atom. The summed E-state index contributed by atoms with van der Waals surface area (Å²) in [5.74, 6) is 0.374. The van der Waals surface area contributed by atoms with Crippen molar-refractivity contribution in [3.05, 3.63) is 52.8 Å². The third kappa shape index (κ3) is 2.18. The van der Waals surface area contributed by atoms with E-state index in [1.807, 2.05) is 17.8 Å². The minimum Gasteiger partial charge on any atom is -0.336 e. The maximum absolute atomic E-state index is 13.4. The Hall–Kier alpha value is -1.39. The van der Waals surface area contributed by atoms with E-state index >= 15 is 0 Å². The summed E-state index contributed by atoms with van der Waals surface area (Å²) in [6.45, 7) is 0. The fourth-order valence-corrected chi connectivity index (χ4v) is 2.06. The normalized spacial score (nSPS) is 12.7. The number of nitrogens with one attached hydrogen (secondary N) is 1. The van der Waals surface area contributed by atoms with Crippen molar-refractivity contribution in [2.75, 3.05) is 7.05 Å². The fraction of sp³-hybridized carbons (Fsp3) is 0.250. The molecule has 5 heteroatoms. The van der Waals surface area contributed by atoms with E-state index in [0.717, 1.165) is 5.82 Å². The maximum Gasteiger partial charge on any atom is 0.142 e. The third-order valence-electron chi connectivity index (χ3n) is 2.70. The summed E-state index contributed by atoms with van der Waals surface area (Å²) < 4.78 is 15.3. The predicted octanol–water partition coefficient (Wildman–Crippen LogP) is 2.52. The number of hydrogen-bond acceptors (Lipinski definition) is 2. The predicted molar refractivity (Wildman–Crippen MR) is 65.5 cm³/mol. The number of benzene rings is 1. The first kappa shape index (κ1) is 12.1. The quantitative estimate of drug-likeness (QED) is 0.911. The molecule has 2 aromatic rings. The second kappa shape index (κ2) is 4.85. The van der Waals surface area contributed by atoms with Crippen LogP contribution in [0.3, 0.4) is 0 Å². The molecule has 3 nitrogen and oxygen atoms in total. The maximum atomic E-state index is 13.4. The standard InChI is InChI=1S/C12H13ClFN3/c1-15-11(12-16-6-7-17(12)2)8-4-3-5-9(14)10(8)13/h3-7,11,15H,1-2H3. The molecule has 0 aliphatic carbocycles. The number of hydrogen-bond donors (Lipinski definition) is 1. The van der Waals surface area contributed by atoms with Gasteiger partial charge in [-0.2, -0.15) is 0 Å². The van der Waals surface area contributed by atoms with E-state index in [0.29, 0.717) is 5.56 Å². The van der Waals surface area contributed by atoms with E-state index in [1.54, 1.807) is 25.4 Å². The van der Waals surface area contributed by atoms with Crippen LogP contribution >= 0.6 is 11.6 Å². The summed E-state index contributed by atoms with van der Waals surface area (Å²) in [4.78, 5) is 4.25. The molecule has 1 unspecified atom stereocenters. The molecule has 0 bridgehead atoms. The van der Waals surface area contributed by atoms with Crippen LogP contribution in [0.15, 0.2) is 30.6 Å². The van der Waals surface area contributed by atoms with Crippen molar-refractivity contribution in [1.82, 2.24) is 14.9 Å².